The number of nitrogens with zero attached hydrogens (tertiary/aromatic N) is 5. The molecule has 0 aliphatic rings. The second-order valence-corrected chi connectivity index (χ2v) is 7.58. The number of fused-ring (bicyclic) bond motifs is 1. The number of nitrogens with one attached hydrogen (secondary N) is 1. The quantitative estimate of drug-likeness (QED) is 0.598. The van der Waals surface area contributed by atoms with E-state index in [4.69, 9.17) is 5.26 Å². The van der Waals surface area contributed by atoms with Gasteiger partial charge in [-0.15, -0.1) is 0 Å². The minimum absolute atomic E-state index is 0.226. The Morgan fingerprint density at radius 2 is 1.77 bits per heavy atom. The maximum Gasteiger partial charge on any atom is 0.275 e. The Balaban J connectivity index is 1.97. The highest BCUT2D eigenvalue weighted by Gasteiger charge is 2.17. The average molecular weight is 419 g/mol. The standard InChI is InChI=1S/C23H26N6O2/c1-25-22(30)21-19-6-4-5-7-20(19)23(31)29(26-21)16-28(13-12-27(2)3)15-18-10-8-17(14-24)9-11-18/h4-11H,12-13,15-16H2,1-3H3,(H,25,30). The van der Waals surface area contributed by atoms with Crippen LogP contribution in [0.5, 0.6) is 0 Å². The second kappa shape index (κ2) is 9.98. The third-order valence-electron chi connectivity index (χ3n) is 5.00. The summed E-state index contributed by atoms with van der Waals surface area (Å²) in [5.74, 6) is -0.336. The molecule has 1 aromatic heterocycles. The molecule has 3 aromatic rings. The Morgan fingerprint density at radius 3 is 2.39 bits per heavy atom. The van der Waals surface area contributed by atoms with Crippen LogP contribution >= 0.6 is 0 Å². The van der Waals surface area contributed by atoms with Crippen LogP contribution in [0.25, 0.3) is 10.8 Å². The third-order valence-corrected chi connectivity index (χ3v) is 5.00. The number of hydrogen-bond donors (Lipinski definition) is 1. The Hall–Kier alpha value is -3.54. The molecule has 2 aromatic carbocycles. The minimum Gasteiger partial charge on any atom is -0.354 e. The Kier molecular flexibility index (Phi) is 7.13. The number of amides is 1. The predicted molar refractivity (Wildman–Crippen MR) is 120 cm³/mol. The Morgan fingerprint density at radius 1 is 1.10 bits per heavy atom. The molecule has 0 saturated heterocycles. The van der Waals surface area contributed by atoms with Gasteiger partial charge in [-0.05, 0) is 37.9 Å². The normalized spacial score (nSPS) is 11.1. The summed E-state index contributed by atoms with van der Waals surface area (Å²) in [5.41, 5.74) is 1.62. The molecular weight excluding hydrogens is 392 g/mol. The van der Waals surface area contributed by atoms with Crippen molar-refractivity contribution in [2.24, 2.45) is 0 Å². The van der Waals surface area contributed by atoms with Crippen LogP contribution in [0.1, 0.15) is 21.6 Å². The molecule has 1 N–H and O–H groups in total. The van der Waals surface area contributed by atoms with E-state index in [0.717, 1.165) is 12.1 Å². The molecule has 0 bridgehead atoms. The monoisotopic (exact) mass is 418 g/mol. The highest BCUT2D eigenvalue weighted by atomic mass is 16.2. The minimum atomic E-state index is -0.336. The number of carbonyl (C=O) groups is 1. The van der Waals surface area contributed by atoms with Crippen LogP contribution in [-0.4, -0.2) is 59.7 Å². The largest absolute Gasteiger partial charge is 0.354 e. The van der Waals surface area contributed by atoms with Gasteiger partial charge in [-0.3, -0.25) is 14.5 Å². The van der Waals surface area contributed by atoms with Crippen LogP contribution in [0.4, 0.5) is 0 Å². The van der Waals surface area contributed by atoms with Crippen molar-refractivity contribution in [2.75, 3.05) is 34.2 Å². The summed E-state index contributed by atoms with van der Waals surface area (Å²) < 4.78 is 1.35. The fourth-order valence-corrected chi connectivity index (χ4v) is 3.29. The summed E-state index contributed by atoms with van der Waals surface area (Å²) in [6.07, 6.45) is 0. The summed E-state index contributed by atoms with van der Waals surface area (Å²) in [4.78, 5) is 29.7. The van der Waals surface area contributed by atoms with E-state index in [1.54, 1.807) is 43.4 Å². The molecule has 0 spiro atoms. The Labute approximate surface area is 181 Å². The maximum absolute atomic E-state index is 13.1. The average Bonchev–Trinajstić information content (AvgIpc) is 2.79. The lowest BCUT2D eigenvalue weighted by Crippen LogP contribution is -2.38. The van der Waals surface area contributed by atoms with E-state index in [9.17, 15) is 9.59 Å². The zero-order valence-electron chi connectivity index (χ0n) is 18.0. The molecule has 0 fully saturated rings. The molecule has 0 saturated carbocycles. The van der Waals surface area contributed by atoms with E-state index in [1.165, 1.54) is 4.68 Å². The lowest BCUT2D eigenvalue weighted by atomic mass is 10.1. The molecule has 0 aliphatic carbocycles. The van der Waals surface area contributed by atoms with Gasteiger partial charge in [0.2, 0.25) is 0 Å². The topological polar surface area (TPSA) is 94.3 Å². The van der Waals surface area contributed by atoms with Crippen molar-refractivity contribution in [3.05, 3.63) is 75.7 Å². The maximum atomic E-state index is 13.1. The van der Waals surface area contributed by atoms with Crippen molar-refractivity contribution < 1.29 is 4.79 Å². The smallest absolute Gasteiger partial charge is 0.275 e. The van der Waals surface area contributed by atoms with E-state index in [1.807, 2.05) is 26.2 Å². The predicted octanol–water partition coefficient (Wildman–Crippen LogP) is 1.65. The number of benzene rings is 2. The van der Waals surface area contributed by atoms with Gasteiger partial charge in [0.1, 0.15) is 0 Å². The molecule has 3 rings (SSSR count). The van der Waals surface area contributed by atoms with Crippen molar-refractivity contribution in [3.8, 4) is 6.07 Å². The van der Waals surface area contributed by atoms with Crippen molar-refractivity contribution >= 4 is 16.7 Å². The van der Waals surface area contributed by atoms with Crippen molar-refractivity contribution in [2.45, 2.75) is 13.2 Å². The van der Waals surface area contributed by atoms with Gasteiger partial charge in [0.15, 0.2) is 5.69 Å². The summed E-state index contributed by atoms with van der Waals surface area (Å²) in [6.45, 7) is 2.31. The molecule has 0 unspecified atom stereocenters. The molecule has 0 aliphatic heterocycles. The van der Waals surface area contributed by atoms with Crippen molar-refractivity contribution in [1.82, 2.24) is 24.9 Å². The molecule has 160 valence electrons. The number of nitriles is 1. The fraction of sp³-hybridized carbons (Fsp3) is 0.304. The molecule has 8 nitrogen and oxygen atoms in total. The number of rotatable bonds is 8. The van der Waals surface area contributed by atoms with Crippen molar-refractivity contribution in [1.29, 1.82) is 5.26 Å². The number of hydrogen-bond acceptors (Lipinski definition) is 6. The highest BCUT2D eigenvalue weighted by Crippen LogP contribution is 2.14. The van der Waals surface area contributed by atoms with Crippen LogP contribution < -0.4 is 10.9 Å². The third kappa shape index (κ3) is 5.34. The first-order valence-corrected chi connectivity index (χ1v) is 10.0. The van der Waals surface area contributed by atoms with E-state index >= 15 is 0 Å². The highest BCUT2D eigenvalue weighted by molar-refractivity contribution is 6.04. The lowest BCUT2D eigenvalue weighted by Gasteiger charge is -2.25. The first kappa shape index (κ1) is 22.2. The van der Waals surface area contributed by atoms with Crippen LogP contribution in [0.3, 0.4) is 0 Å². The zero-order chi connectivity index (χ0) is 22.4. The molecular formula is C23H26N6O2. The van der Waals surface area contributed by atoms with Crippen LogP contribution in [0.2, 0.25) is 0 Å². The summed E-state index contributed by atoms with van der Waals surface area (Å²) in [7, 11) is 5.52. The van der Waals surface area contributed by atoms with Crippen LogP contribution in [0.15, 0.2) is 53.3 Å². The molecule has 1 heterocycles. The molecule has 0 atom stereocenters. The van der Waals surface area contributed by atoms with Crippen LogP contribution in [-0.2, 0) is 13.2 Å². The SMILES string of the molecule is CNC(=O)c1nn(CN(CCN(C)C)Cc2ccc(C#N)cc2)c(=O)c2ccccc12. The zero-order valence-corrected chi connectivity index (χ0v) is 18.0. The van der Waals surface area contributed by atoms with E-state index in [0.29, 0.717) is 29.4 Å². The first-order valence-electron chi connectivity index (χ1n) is 10.0. The molecule has 8 heteroatoms. The number of likely N-dealkylation sites (N-methyl/N-ethyl adjacent to an activating group) is 1. The fourth-order valence-electron chi connectivity index (χ4n) is 3.29. The van der Waals surface area contributed by atoms with Gasteiger partial charge in [0.25, 0.3) is 11.5 Å². The van der Waals surface area contributed by atoms with Gasteiger partial charge in [-0.2, -0.15) is 10.4 Å². The lowest BCUT2D eigenvalue weighted by molar-refractivity contribution is 0.0955. The van der Waals surface area contributed by atoms with Gasteiger partial charge >= 0.3 is 0 Å². The molecule has 31 heavy (non-hydrogen) atoms. The molecule has 0 radical (unpaired) electrons. The van der Waals surface area contributed by atoms with E-state index in [-0.39, 0.29) is 23.8 Å². The number of aromatic nitrogens is 2. The van der Waals surface area contributed by atoms with E-state index < -0.39 is 0 Å². The van der Waals surface area contributed by atoms with Crippen molar-refractivity contribution in [3.63, 3.8) is 0 Å². The van der Waals surface area contributed by atoms with Gasteiger partial charge in [-0.1, -0.05) is 30.3 Å². The number of carbonyl (C=O) groups excluding carboxylic acids is 1. The Bertz CT molecular complexity index is 1160. The van der Waals surface area contributed by atoms with Gasteiger partial charge in [0.05, 0.1) is 23.7 Å². The summed E-state index contributed by atoms with van der Waals surface area (Å²) >= 11 is 0. The first-order chi connectivity index (χ1) is 14.9. The molecule has 1 amide bonds. The van der Waals surface area contributed by atoms with E-state index in [2.05, 4.69) is 26.3 Å². The van der Waals surface area contributed by atoms with Gasteiger partial charge < -0.3 is 10.2 Å². The summed E-state index contributed by atoms with van der Waals surface area (Å²) in [6, 6.07) is 16.5. The van der Waals surface area contributed by atoms with Crippen LogP contribution in [0, 0.1) is 11.3 Å². The summed E-state index contributed by atoms with van der Waals surface area (Å²) in [5, 5.41) is 17.0. The van der Waals surface area contributed by atoms with Gasteiger partial charge in [0, 0.05) is 32.1 Å². The van der Waals surface area contributed by atoms with Gasteiger partial charge in [-0.25, -0.2) is 4.68 Å². The second-order valence-electron chi connectivity index (χ2n) is 7.58.